The van der Waals surface area contributed by atoms with Gasteiger partial charge in [0.1, 0.15) is 11.4 Å². The van der Waals surface area contributed by atoms with E-state index >= 15 is 0 Å². The Balaban J connectivity index is 2.29. The third-order valence-corrected chi connectivity index (χ3v) is 3.10. The summed E-state index contributed by atoms with van der Waals surface area (Å²) in [6, 6.07) is 9.16. The number of hydrogen-bond donors (Lipinski definition) is 2. The molecule has 6 nitrogen and oxygen atoms in total. The maximum atomic E-state index is 11.7. The summed E-state index contributed by atoms with van der Waals surface area (Å²) in [5.41, 5.74) is 7.35. The number of amides is 1. The molecule has 1 amide bonds. The van der Waals surface area contributed by atoms with Gasteiger partial charge in [-0.3, -0.25) is 4.79 Å². The number of nitrogens with zero attached hydrogens (tertiary/aromatic N) is 2. The molecular formula is C16H20N4O2. The molecule has 3 N–H and O–H groups in total. The number of nitrogen functional groups attached to an aromatic ring is 1. The highest BCUT2D eigenvalue weighted by atomic mass is 16.5. The minimum atomic E-state index is -0.300. The SMILES string of the molecule is CCCCOc1cccc(-c2cc(C(=O)NC)nc(N)n2)c1. The van der Waals surface area contributed by atoms with Crippen molar-refractivity contribution in [1.29, 1.82) is 0 Å². The van der Waals surface area contributed by atoms with Crippen LogP contribution >= 0.6 is 0 Å². The van der Waals surface area contributed by atoms with Crippen molar-refractivity contribution >= 4 is 11.9 Å². The van der Waals surface area contributed by atoms with Gasteiger partial charge in [0, 0.05) is 12.6 Å². The number of unbranched alkanes of at least 4 members (excludes halogenated alkanes) is 1. The highest BCUT2D eigenvalue weighted by molar-refractivity contribution is 5.93. The second-order valence-corrected chi connectivity index (χ2v) is 4.81. The van der Waals surface area contributed by atoms with Crippen molar-refractivity contribution in [3.8, 4) is 17.0 Å². The molecule has 1 heterocycles. The van der Waals surface area contributed by atoms with E-state index < -0.39 is 0 Å². The van der Waals surface area contributed by atoms with Crippen LogP contribution in [0.3, 0.4) is 0 Å². The number of carbonyl (C=O) groups is 1. The van der Waals surface area contributed by atoms with Crippen LogP contribution in [0.4, 0.5) is 5.95 Å². The Morgan fingerprint density at radius 3 is 2.86 bits per heavy atom. The second-order valence-electron chi connectivity index (χ2n) is 4.81. The van der Waals surface area contributed by atoms with E-state index in [-0.39, 0.29) is 17.5 Å². The van der Waals surface area contributed by atoms with Gasteiger partial charge in [-0.15, -0.1) is 0 Å². The molecule has 22 heavy (non-hydrogen) atoms. The van der Waals surface area contributed by atoms with Gasteiger partial charge < -0.3 is 15.8 Å². The molecule has 0 fully saturated rings. The monoisotopic (exact) mass is 300 g/mol. The molecule has 2 aromatic rings. The van der Waals surface area contributed by atoms with E-state index in [1.807, 2.05) is 24.3 Å². The van der Waals surface area contributed by atoms with Crippen LogP contribution in [0.1, 0.15) is 30.3 Å². The van der Waals surface area contributed by atoms with E-state index in [0.29, 0.717) is 12.3 Å². The predicted molar refractivity (Wildman–Crippen MR) is 85.7 cm³/mol. The normalized spacial score (nSPS) is 10.3. The standard InChI is InChI=1S/C16H20N4O2/c1-3-4-8-22-12-7-5-6-11(9-12)13-10-14(15(21)18-2)20-16(17)19-13/h5-7,9-10H,3-4,8H2,1-2H3,(H,18,21)(H2,17,19,20). The lowest BCUT2D eigenvalue weighted by atomic mass is 10.1. The first-order chi connectivity index (χ1) is 10.6. The van der Waals surface area contributed by atoms with Crippen molar-refractivity contribution in [1.82, 2.24) is 15.3 Å². The smallest absolute Gasteiger partial charge is 0.269 e. The van der Waals surface area contributed by atoms with Crippen LogP contribution in [0.5, 0.6) is 5.75 Å². The Morgan fingerprint density at radius 1 is 1.32 bits per heavy atom. The molecule has 6 heteroatoms. The second kappa shape index (κ2) is 7.40. The maximum Gasteiger partial charge on any atom is 0.269 e. The summed E-state index contributed by atoms with van der Waals surface area (Å²) in [7, 11) is 1.54. The average Bonchev–Trinajstić information content (AvgIpc) is 2.54. The zero-order chi connectivity index (χ0) is 15.9. The van der Waals surface area contributed by atoms with Crippen molar-refractivity contribution in [3.63, 3.8) is 0 Å². The Bertz CT molecular complexity index is 658. The lowest BCUT2D eigenvalue weighted by Crippen LogP contribution is -2.20. The fraction of sp³-hybridized carbons (Fsp3) is 0.312. The summed E-state index contributed by atoms with van der Waals surface area (Å²) < 4.78 is 5.68. The molecule has 0 spiro atoms. The van der Waals surface area contributed by atoms with E-state index in [9.17, 15) is 4.79 Å². The summed E-state index contributed by atoms with van der Waals surface area (Å²) in [5.74, 6) is 0.531. The molecule has 0 saturated carbocycles. The largest absolute Gasteiger partial charge is 0.494 e. The number of ether oxygens (including phenoxy) is 1. The zero-order valence-corrected chi connectivity index (χ0v) is 12.8. The van der Waals surface area contributed by atoms with Gasteiger partial charge >= 0.3 is 0 Å². The molecular weight excluding hydrogens is 280 g/mol. The molecule has 116 valence electrons. The first kappa shape index (κ1) is 15.8. The van der Waals surface area contributed by atoms with Crippen LogP contribution in [-0.4, -0.2) is 29.5 Å². The maximum absolute atomic E-state index is 11.7. The average molecular weight is 300 g/mol. The number of aromatic nitrogens is 2. The van der Waals surface area contributed by atoms with Gasteiger partial charge in [-0.2, -0.15) is 0 Å². The highest BCUT2D eigenvalue weighted by Gasteiger charge is 2.11. The first-order valence-corrected chi connectivity index (χ1v) is 7.24. The number of anilines is 1. The van der Waals surface area contributed by atoms with Gasteiger partial charge in [-0.25, -0.2) is 9.97 Å². The number of nitrogens with one attached hydrogen (secondary N) is 1. The number of nitrogens with two attached hydrogens (primary N) is 1. The van der Waals surface area contributed by atoms with Crippen LogP contribution in [0, 0.1) is 0 Å². The molecule has 0 aliphatic carbocycles. The number of rotatable bonds is 6. The van der Waals surface area contributed by atoms with Gasteiger partial charge in [0.05, 0.1) is 12.3 Å². The Morgan fingerprint density at radius 2 is 2.14 bits per heavy atom. The van der Waals surface area contributed by atoms with Crippen LogP contribution in [0.2, 0.25) is 0 Å². The Kier molecular flexibility index (Phi) is 5.30. The van der Waals surface area contributed by atoms with Crippen molar-refractivity contribution in [3.05, 3.63) is 36.0 Å². The molecule has 0 bridgehead atoms. The number of benzene rings is 1. The lowest BCUT2D eigenvalue weighted by molar-refractivity contribution is 0.0958. The van der Waals surface area contributed by atoms with Crippen molar-refractivity contribution < 1.29 is 9.53 Å². The summed E-state index contributed by atoms with van der Waals surface area (Å²) in [6.45, 7) is 2.79. The van der Waals surface area contributed by atoms with E-state index in [4.69, 9.17) is 10.5 Å². The fourth-order valence-electron chi connectivity index (χ4n) is 1.94. The van der Waals surface area contributed by atoms with E-state index in [1.165, 1.54) is 0 Å². The van der Waals surface area contributed by atoms with Gasteiger partial charge in [-0.1, -0.05) is 25.5 Å². The molecule has 0 radical (unpaired) electrons. The van der Waals surface area contributed by atoms with Crippen molar-refractivity contribution in [2.24, 2.45) is 0 Å². The summed E-state index contributed by atoms with van der Waals surface area (Å²) in [5, 5.41) is 2.52. The molecule has 2 rings (SSSR count). The molecule has 0 saturated heterocycles. The minimum absolute atomic E-state index is 0.0633. The van der Waals surface area contributed by atoms with Gasteiger partial charge in [0.2, 0.25) is 5.95 Å². The topological polar surface area (TPSA) is 90.1 Å². The summed E-state index contributed by atoms with van der Waals surface area (Å²) in [6.07, 6.45) is 2.09. The quantitative estimate of drug-likeness (QED) is 0.799. The summed E-state index contributed by atoms with van der Waals surface area (Å²) in [4.78, 5) is 19.8. The highest BCUT2D eigenvalue weighted by Crippen LogP contribution is 2.23. The van der Waals surface area contributed by atoms with E-state index in [0.717, 1.165) is 24.2 Å². The molecule has 0 aliphatic rings. The third kappa shape index (κ3) is 3.94. The first-order valence-electron chi connectivity index (χ1n) is 7.24. The van der Waals surface area contributed by atoms with Crippen molar-refractivity contribution in [2.75, 3.05) is 19.4 Å². The van der Waals surface area contributed by atoms with Gasteiger partial charge in [0.25, 0.3) is 5.91 Å². The Hall–Kier alpha value is -2.63. The van der Waals surface area contributed by atoms with E-state index in [2.05, 4.69) is 22.2 Å². The number of hydrogen-bond acceptors (Lipinski definition) is 5. The minimum Gasteiger partial charge on any atom is -0.494 e. The van der Waals surface area contributed by atoms with E-state index in [1.54, 1.807) is 13.1 Å². The lowest BCUT2D eigenvalue weighted by Gasteiger charge is -2.08. The molecule has 0 aliphatic heterocycles. The molecule has 1 aromatic heterocycles. The van der Waals surface area contributed by atoms with Crippen LogP contribution in [0.15, 0.2) is 30.3 Å². The van der Waals surface area contributed by atoms with Gasteiger partial charge in [-0.05, 0) is 24.6 Å². The van der Waals surface area contributed by atoms with Gasteiger partial charge in [0.15, 0.2) is 0 Å². The van der Waals surface area contributed by atoms with Crippen LogP contribution in [0.25, 0.3) is 11.3 Å². The molecule has 0 unspecified atom stereocenters. The third-order valence-electron chi connectivity index (χ3n) is 3.10. The number of carbonyl (C=O) groups excluding carboxylic acids is 1. The Labute approximate surface area is 129 Å². The molecule has 1 aromatic carbocycles. The van der Waals surface area contributed by atoms with Crippen molar-refractivity contribution in [2.45, 2.75) is 19.8 Å². The summed E-state index contributed by atoms with van der Waals surface area (Å²) >= 11 is 0. The predicted octanol–water partition coefficient (Wildman–Crippen LogP) is 2.26. The fourth-order valence-corrected chi connectivity index (χ4v) is 1.94. The van der Waals surface area contributed by atoms with Crippen LogP contribution < -0.4 is 15.8 Å². The molecule has 0 atom stereocenters. The zero-order valence-electron chi connectivity index (χ0n) is 12.8. The van der Waals surface area contributed by atoms with Crippen LogP contribution in [-0.2, 0) is 0 Å².